The highest BCUT2D eigenvalue weighted by molar-refractivity contribution is 9.10. The maximum absolute atomic E-state index is 6.14. The molecule has 0 unspecified atom stereocenters. The van der Waals surface area contributed by atoms with E-state index in [0.29, 0.717) is 29.2 Å². The lowest BCUT2D eigenvalue weighted by atomic mass is 10.2. The Bertz CT molecular complexity index is 590. The summed E-state index contributed by atoms with van der Waals surface area (Å²) in [6, 6.07) is 9.77. The summed E-state index contributed by atoms with van der Waals surface area (Å²) in [4.78, 5) is 4.29. The van der Waals surface area contributed by atoms with E-state index in [1.165, 1.54) is 0 Å². The van der Waals surface area contributed by atoms with E-state index in [9.17, 15) is 0 Å². The lowest BCUT2D eigenvalue weighted by Gasteiger charge is -2.13. The van der Waals surface area contributed by atoms with Crippen LogP contribution in [0.2, 0.25) is 5.02 Å². The summed E-state index contributed by atoms with van der Waals surface area (Å²) in [5.41, 5.74) is 0.997. The van der Waals surface area contributed by atoms with E-state index in [1.807, 2.05) is 24.3 Å². The lowest BCUT2D eigenvalue weighted by molar-refractivity contribution is 0.450. The van der Waals surface area contributed by atoms with Gasteiger partial charge in [-0.25, -0.2) is 4.98 Å². The van der Waals surface area contributed by atoms with Crippen molar-refractivity contribution in [3.05, 3.63) is 51.6 Å². The highest BCUT2D eigenvalue weighted by Gasteiger charge is 2.09. The Kier molecular flexibility index (Phi) is 5.40. The topological polar surface area (TPSA) is 34.2 Å². The molecule has 1 aromatic heterocycles. The van der Waals surface area contributed by atoms with Crippen molar-refractivity contribution in [1.82, 2.24) is 10.3 Å². The fourth-order valence-corrected chi connectivity index (χ4v) is 2.12. The Balaban J connectivity index is 2.22. The number of hydrogen-bond donors (Lipinski definition) is 1. The zero-order valence-corrected chi connectivity index (χ0v) is 13.7. The summed E-state index contributed by atoms with van der Waals surface area (Å²) in [7, 11) is 0. The van der Waals surface area contributed by atoms with Crippen LogP contribution in [0.3, 0.4) is 0 Å². The molecular formula is C15H16BrClN2O. The van der Waals surface area contributed by atoms with Crippen molar-refractivity contribution in [3.63, 3.8) is 0 Å². The summed E-state index contributed by atoms with van der Waals surface area (Å²) >= 11 is 9.54. The Labute approximate surface area is 132 Å². The Morgan fingerprint density at radius 2 is 2.15 bits per heavy atom. The third-order valence-electron chi connectivity index (χ3n) is 2.65. The van der Waals surface area contributed by atoms with Crippen LogP contribution in [0.15, 0.2) is 41.0 Å². The van der Waals surface area contributed by atoms with Gasteiger partial charge in [0.15, 0.2) is 0 Å². The number of benzene rings is 1. The quantitative estimate of drug-likeness (QED) is 0.837. The van der Waals surface area contributed by atoms with Crippen LogP contribution in [-0.2, 0) is 6.54 Å². The second-order valence-electron chi connectivity index (χ2n) is 4.68. The molecule has 0 amide bonds. The monoisotopic (exact) mass is 354 g/mol. The van der Waals surface area contributed by atoms with Gasteiger partial charge in [-0.15, -0.1) is 0 Å². The largest absolute Gasteiger partial charge is 0.437 e. The summed E-state index contributed by atoms with van der Waals surface area (Å²) in [5.74, 6) is 1.16. The zero-order chi connectivity index (χ0) is 14.5. The molecule has 0 saturated heterocycles. The van der Waals surface area contributed by atoms with Gasteiger partial charge in [-0.1, -0.05) is 47.4 Å². The van der Waals surface area contributed by atoms with Crippen molar-refractivity contribution in [2.45, 2.75) is 26.4 Å². The van der Waals surface area contributed by atoms with Crippen molar-refractivity contribution >= 4 is 27.5 Å². The standard InChI is InChI=1S/C15H16BrClN2O/c1-10(2)19-9-11-4-3-7-18-15(11)20-14-8-12(16)5-6-13(14)17/h3-8,10,19H,9H2,1-2H3. The normalized spacial score (nSPS) is 10.8. The minimum absolute atomic E-state index is 0.400. The summed E-state index contributed by atoms with van der Waals surface area (Å²) in [6.07, 6.45) is 1.71. The van der Waals surface area contributed by atoms with Gasteiger partial charge in [0.2, 0.25) is 5.88 Å². The number of rotatable bonds is 5. The van der Waals surface area contributed by atoms with Gasteiger partial charge in [0, 0.05) is 28.8 Å². The minimum atomic E-state index is 0.400. The maximum Gasteiger partial charge on any atom is 0.223 e. The van der Waals surface area contributed by atoms with E-state index >= 15 is 0 Å². The first-order valence-electron chi connectivity index (χ1n) is 6.36. The molecule has 106 valence electrons. The van der Waals surface area contributed by atoms with Gasteiger partial charge < -0.3 is 10.1 Å². The fraction of sp³-hybridized carbons (Fsp3) is 0.267. The molecule has 5 heteroatoms. The average Bonchev–Trinajstić information content (AvgIpc) is 2.42. The molecule has 0 bridgehead atoms. The smallest absolute Gasteiger partial charge is 0.223 e. The van der Waals surface area contributed by atoms with Gasteiger partial charge in [0.1, 0.15) is 5.75 Å². The van der Waals surface area contributed by atoms with E-state index < -0.39 is 0 Å². The van der Waals surface area contributed by atoms with Crippen LogP contribution in [0, 0.1) is 0 Å². The zero-order valence-electron chi connectivity index (χ0n) is 11.4. The molecule has 20 heavy (non-hydrogen) atoms. The molecule has 0 fully saturated rings. The third kappa shape index (κ3) is 4.20. The Morgan fingerprint density at radius 1 is 1.35 bits per heavy atom. The highest BCUT2D eigenvalue weighted by Crippen LogP contribution is 2.32. The predicted octanol–water partition coefficient (Wildman–Crippen LogP) is 4.79. The van der Waals surface area contributed by atoms with Gasteiger partial charge in [-0.05, 0) is 24.3 Å². The number of nitrogens with zero attached hydrogens (tertiary/aromatic N) is 1. The number of ether oxygens (including phenoxy) is 1. The van der Waals surface area contributed by atoms with E-state index in [1.54, 1.807) is 12.3 Å². The first-order chi connectivity index (χ1) is 9.56. The number of hydrogen-bond acceptors (Lipinski definition) is 3. The summed E-state index contributed by atoms with van der Waals surface area (Å²) in [5, 5.41) is 3.91. The van der Waals surface area contributed by atoms with Crippen molar-refractivity contribution in [2.75, 3.05) is 0 Å². The molecule has 0 aliphatic rings. The Morgan fingerprint density at radius 3 is 2.90 bits per heavy atom. The lowest BCUT2D eigenvalue weighted by Crippen LogP contribution is -2.22. The highest BCUT2D eigenvalue weighted by atomic mass is 79.9. The molecule has 0 atom stereocenters. The van der Waals surface area contributed by atoms with Crippen LogP contribution in [0.5, 0.6) is 11.6 Å². The van der Waals surface area contributed by atoms with Crippen molar-refractivity contribution in [1.29, 1.82) is 0 Å². The molecular weight excluding hydrogens is 340 g/mol. The molecule has 0 saturated carbocycles. The average molecular weight is 356 g/mol. The molecule has 0 aliphatic carbocycles. The fourth-order valence-electron chi connectivity index (χ4n) is 1.62. The number of pyridine rings is 1. The van der Waals surface area contributed by atoms with Gasteiger partial charge >= 0.3 is 0 Å². The van der Waals surface area contributed by atoms with Crippen molar-refractivity contribution < 1.29 is 4.74 Å². The van der Waals surface area contributed by atoms with E-state index in [-0.39, 0.29) is 0 Å². The van der Waals surface area contributed by atoms with Crippen LogP contribution in [0.25, 0.3) is 0 Å². The maximum atomic E-state index is 6.14. The van der Waals surface area contributed by atoms with E-state index in [2.05, 4.69) is 40.1 Å². The summed E-state index contributed by atoms with van der Waals surface area (Å²) < 4.78 is 6.75. The van der Waals surface area contributed by atoms with Gasteiger partial charge in [0.25, 0.3) is 0 Å². The summed E-state index contributed by atoms with van der Waals surface area (Å²) in [6.45, 7) is 4.90. The van der Waals surface area contributed by atoms with Gasteiger partial charge in [0.05, 0.1) is 5.02 Å². The van der Waals surface area contributed by atoms with Crippen molar-refractivity contribution in [2.24, 2.45) is 0 Å². The third-order valence-corrected chi connectivity index (χ3v) is 3.46. The Hall–Kier alpha value is -1.10. The molecule has 1 heterocycles. The predicted molar refractivity (Wildman–Crippen MR) is 85.4 cm³/mol. The molecule has 2 rings (SSSR count). The number of aromatic nitrogens is 1. The van der Waals surface area contributed by atoms with E-state index in [4.69, 9.17) is 16.3 Å². The molecule has 2 aromatic rings. The van der Waals surface area contributed by atoms with Crippen LogP contribution in [0.4, 0.5) is 0 Å². The molecule has 0 aliphatic heterocycles. The second kappa shape index (κ2) is 7.07. The molecule has 1 N–H and O–H groups in total. The SMILES string of the molecule is CC(C)NCc1cccnc1Oc1cc(Br)ccc1Cl. The van der Waals surface area contributed by atoms with Crippen LogP contribution in [-0.4, -0.2) is 11.0 Å². The van der Waals surface area contributed by atoms with E-state index in [0.717, 1.165) is 10.0 Å². The van der Waals surface area contributed by atoms with Crippen LogP contribution >= 0.6 is 27.5 Å². The van der Waals surface area contributed by atoms with Crippen LogP contribution in [0.1, 0.15) is 19.4 Å². The second-order valence-corrected chi connectivity index (χ2v) is 6.00. The molecule has 0 spiro atoms. The first kappa shape index (κ1) is 15.3. The molecule has 3 nitrogen and oxygen atoms in total. The van der Waals surface area contributed by atoms with Crippen molar-refractivity contribution in [3.8, 4) is 11.6 Å². The number of nitrogens with one attached hydrogen (secondary N) is 1. The van der Waals surface area contributed by atoms with Gasteiger partial charge in [-0.3, -0.25) is 0 Å². The number of halogens is 2. The molecule has 0 radical (unpaired) electrons. The van der Waals surface area contributed by atoms with Crippen LogP contribution < -0.4 is 10.1 Å². The van der Waals surface area contributed by atoms with Gasteiger partial charge in [-0.2, -0.15) is 0 Å². The molecule has 1 aromatic carbocycles. The minimum Gasteiger partial charge on any atom is -0.437 e. The first-order valence-corrected chi connectivity index (χ1v) is 7.53.